The SMILES string of the molecule is NC(C(=O)Oc1ccccc1)c1c(Cl)cccc1Cl. The van der Waals surface area contributed by atoms with Crippen molar-refractivity contribution in [1.29, 1.82) is 0 Å². The maximum Gasteiger partial charge on any atom is 0.333 e. The Kier molecular flexibility index (Phi) is 4.43. The molecule has 2 aromatic rings. The molecule has 2 N–H and O–H groups in total. The first kappa shape index (κ1) is 13.9. The average Bonchev–Trinajstić information content (AvgIpc) is 2.39. The molecule has 0 aliphatic carbocycles. The second-order valence-corrected chi connectivity index (χ2v) is 4.66. The summed E-state index contributed by atoms with van der Waals surface area (Å²) in [6.45, 7) is 0. The Hall–Kier alpha value is -1.55. The summed E-state index contributed by atoms with van der Waals surface area (Å²) in [4.78, 5) is 12.0. The third-order valence-corrected chi connectivity index (χ3v) is 3.19. The van der Waals surface area contributed by atoms with Gasteiger partial charge in [-0.25, -0.2) is 4.79 Å². The molecule has 1 unspecified atom stereocenters. The van der Waals surface area contributed by atoms with Crippen molar-refractivity contribution in [3.05, 3.63) is 64.1 Å². The minimum atomic E-state index is -1.03. The summed E-state index contributed by atoms with van der Waals surface area (Å²) in [7, 11) is 0. The molecule has 0 heterocycles. The molecule has 0 saturated heterocycles. The molecule has 0 aromatic heterocycles. The average molecular weight is 296 g/mol. The number of ether oxygens (including phenoxy) is 1. The van der Waals surface area contributed by atoms with Crippen LogP contribution in [0.3, 0.4) is 0 Å². The molecular weight excluding hydrogens is 285 g/mol. The highest BCUT2D eigenvalue weighted by Crippen LogP contribution is 2.29. The zero-order valence-electron chi connectivity index (χ0n) is 9.85. The van der Waals surface area contributed by atoms with Crippen LogP contribution in [0.15, 0.2) is 48.5 Å². The molecule has 5 heteroatoms. The number of para-hydroxylation sites is 1. The van der Waals surface area contributed by atoms with E-state index < -0.39 is 12.0 Å². The fourth-order valence-corrected chi connectivity index (χ4v) is 2.23. The maximum atomic E-state index is 12.0. The summed E-state index contributed by atoms with van der Waals surface area (Å²) in [5.41, 5.74) is 6.21. The van der Waals surface area contributed by atoms with Gasteiger partial charge in [0, 0.05) is 15.6 Å². The number of carbonyl (C=O) groups excluding carboxylic acids is 1. The molecule has 0 spiro atoms. The molecular formula is C14H11Cl2NO2. The fourth-order valence-electron chi connectivity index (χ4n) is 1.59. The van der Waals surface area contributed by atoms with Gasteiger partial charge in [0.15, 0.2) is 0 Å². The van der Waals surface area contributed by atoms with Gasteiger partial charge in [0.25, 0.3) is 0 Å². The number of benzene rings is 2. The number of hydrogen-bond donors (Lipinski definition) is 1. The van der Waals surface area contributed by atoms with E-state index in [2.05, 4.69) is 0 Å². The van der Waals surface area contributed by atoms with Crippen molar-refractivity contribution in [3.8, 4) is 5.75 Å². The highest BCUT2D eigenvalue weighted by Gasteiger charge is 2.23. The summed E-state index contributed by atoms with van der Waals surface area (Å²) < 4.78 is 5.16. The van der Waals surface area contributed by atoms with E-state index in [4.69, 9.17) is 33.7 Å². The molecule has 3 nitrogen and oxygen atoms in total. The Morgan fingerprint density at radius 3 is 2.16 bits per heavy atom. The second kappa shape index (κ2) is 6.06. The molecule has 0 aliphatic heterocycles. The minimum Gasteiger partial charge on any atom is -0.425 e. The topological polar surface area (TPSA) is 52.3 Å². The van der Waals surface area contributed by atoms with E-state index in [1.54, 1.807) is 42.5 Å². The van der Waals surface area contributed by atoms with Gasteiger partial charge in [0.1, 0.15) is 11.8 Å². The van der Waals surface area contributed by atoms with Crippen molar-refractivity contribution in [2.75, 3.05) is 0 Å². The molecule has 98 valence electrons. The molecule has 0 radical (unpaired) electrons. The van der Waals surface area contributed by atoms with Gasteiger partial charge in [0.2, 0.25) is 0 Å². The number of nitrogens with two attached hydrogens (primary N) is 1. The molecule has 0 fully saturated rings. The number of hydrogen-bond acceptors (Lipinski definition) is 3. The van der Waals surface area contributed by atoms with Gasteiger partial charge >= 0.3 is 5.97 Å². The van der Waals surface area contributed by atoms with E-state index in [0.29, 0.717) is 21.4 Å². The van der Waals surface area contributed by atoms with E-state index in [1.807, 2.05) is 6.07 Å². The van der Waals surface area contributed by atoms with Crippen LogP contribution in [0, 0.1) is 0 Å². The van der Waals surface area contributed by atoms with E-state index in [-0.39, 0.29) is 0 Å². The lowest BCUT2D eigenvalue weighted by molar-refractivity contribution is -0.136. The predicted molar refractivity (Wildman–Crippen MR) is 75.5 cm³/mol. The van der Waals surface area contributed by atoms with Crippen molar-refractivity contribution < 1.29 is 9.53 Å². The van der Waals surface area contributed by atoms with Crippen molar-refractivity contribution in [1.82, 2.24) is 0 Å². The molecule has 0 saturated carbocycles. The second-order valence-electron chi connectivity index (χ2n) is 3.85. The summed E-state index contributed by atoms with van der Waals surface area (Å²) >= 11 is 12.0. The summed E-state index contributed by atoms with van der Waals surface area (Å²) in [5.74, 6) is -0.188. The predicted octanol–water partition coefficient (Wildman–Crippen LogP) is 3.60. The van der Waals surface area contributed by atoms with E-state index in [9.17, 15) is 4.79 Å². The van der Waals surface area contributed by atoms with Gasteiger partial charge in [-0.3, -0.25) is 0 Å². The van der Waals surface area contributed by atoms with Crippen LogP contribution in [0.1, 0.15) is 11.6 Å². The first-order valence-electron chi connectivity index (χ1n) is 5.56. The summed E-state index contributed by atoms with van der Waals surface area (Å²) in [5, 5.41) is 0.676. The zero-order chi connectivity index (χ0) is 13.8. The monoisotopic (exact) mass is 295 g/mol. The fraction of sp³-hybridized carbons (Fsp3) is 0.0714. The molecule has 0 bridgehead atoms. The van der Waals surface area contributed by atoms with Crippen molar-refractivity contribution in [2.45, 2.75) is 6.04 Å². The van der Waals surface area contributed by atoms with Gasteiger partial charge in [0.05, 0.1) is 0 Å². The Balaban J connectivity index is 2.20. The first-order valence-corrected chi connectivity index (χ1v) is 6.31. The number of rotatable bonds is 3. The lowest BCUT2D eigenvalue weighted by Gasteiger charge is -2.14. The van der Waals surface area contributed by atoms with Gasteiger partial charge in [-0.15, -0.1) is 0 Å². The van der Waals surface area contributed by atoms with Crippen molar-refractivity contribution in [3.63, 3.8) is 0 Å². The summed E-state index contributed by atoms with van der Waals surface area (Å²) in [6.07, 6.45) is 0. The zero-order valence-corrected chi connectivity index (χ0v) is 11.4. The normalized spacial score (nSPS) is 11.9. The largest absolute Gasteiger partial charge is 0.425 e. The van der Waals surface area contributed by atoms with Gasteiger partial charge in [-0.05, 0) is 24.3 Å². The Morgan fingerprint density at radius 2 is 1.58 bits per heavy atom. The van der Waals surface area contributed by atoms with Crippen LogP contribution in [0.4, 0.5) is 0 Å². The molecule has 0 amide bonds. The maximum absolute atomic E-state index is 12.0. The van der Waals surface area contributed by atoms with Gasteiger partial charge in [-0.2, -0.15) is 0 Å². The van der Waals surface area contributed by atoms with Crippen LogP contribution in [-0.4, -0.2) is 5.97 Å². The molecule has 2 aromatic carbocycles. The van der Waals surface area contributed by atoms with E-state index in [1.165, 1.54) is 0 Å². The smallest absolute Gasteiger partial charge is 0.333 e. The Morgan fingerprint density at radius 1 is 1.00 bits per heavy atom. The highest BCUT2D eigenvalue weighted by atomic mass is 35.5. The van der Waals surface area contributed by atoms with Crippen LogP contribution in [-0.2, 0) is 4.79 Å². The van der Waals surface area contributed by atoms with Crippen molar-refractivity contribution in [2.24, 2.45) is 5.73 Å². The third kappa shape index (κ3) is 3.26. The molecule has 19 heavy (non-hydrogen) atoms. The Labute approximate surface area is 120 Å². The van der Waals surface area contributed by atoms with Crippen LogP contribution < -0.4 is 10.5 Å². The third-order valence-electron chi connectivity index (χ3n) is 2.53. The number of carbonyl (C=O) groups is 1. The van der Waals surface area contributed by atoms with Crippen LogP contribution in [0.5, 0.6) is 5.75 Å². The lowest BCUT2D eigenvalue weighted by Crippen LogP contribution is -2.26. The standard InChI is InChI=1S/C14H11Cl2NO2/c15-10-7-4-8-11(16)12(10)13(17)14(18)19-9-5-2-1-3-6-9/h1-8,13H,17H2. The number of esters is 1. The molecule has 1 atom stereocenters. The Bertz CT molecular complexity index is 567. The molecule has 0 aliphatic rings. The lowest BCUT2D eigenvalue weighted by atomic mass is 10.1. The minimum absolute atomic E-state index is 0.338. The quantitative estimate of drug-likeness (QED) is 0.695. The van der Waals surface area contributed by atoms with Crippen molar-refractivity contribution >= 4 is 29.2 Å². The number of halogens is 2. The van der Waals surface area contributed by atoms with Gasteiger partial charge < -0.3 is 10.5 Å². The van der Waals surface area contributed by atoms with E-state index >= 15 is 0 Å². The van der Waals surface area contributed by atoms with Crippen LogP contribution in [0.2, 0.25) is 10.0 Å². The molecule has 2 rings (SSSR count). The summed E-state index contributed by atoms with van der Waals surface area (Å²) in [6, 6.07) is 12.6. The van der Waals surface area contributed by atoms with Crippen LogP contribution in [0.25, 0.3) is 0 Å². The van der Waals surface area contributed by atoms with E-state index in [0.717, 1.165) is 0 Å². The highest BCUT2D eigenvalue weighted by molar-refractivity contribution is 6.36. The van der Waals surface area contributed by atoms with Gasteiger partial charge in [-0.1, -0.05) is 47.5 Å². The van der Waals surface area contributed by atoms with Crippen LogP contribution >= 0.6 is 23.2 Å². The first-order chi connectivity index (χ1) is 9.09.